The van der Waals surface area contributed by atoms with Gasteiger partial charge >= 0.3 is 11.9 Å². The van der Waals surface area contributed by atoms with E-state index < -0.39 is 18.1 Å². The molecule has 4 aromatic carbocycles. The number of anilines is 2. The smallest absolute Gasteiger partial charge is 0.302 e. The quantitative estimate of drug-likeness (QED) is 0.0963. The molecule has 1 N–H and O–H groups in total. The first-order chi connectivity index (χ1) is 28.2. The van der Waals surface area contributed by atoms with Crippen molar-refractivity contribution < 1.29 is 52.7 Å². The number of aliphatic hydroxyl groups excluding tert-OH is 1. The highest BCUT2D eigenvalue weighted by molar-refractivity contribution is 6.42. The molecule has 59 heavy (non-hydrogen) atoms. The molecular formula is C42H42Cl4N2O11. The minimum atomic E-state index is -1.01. The first-order valence-electron chi connectivity index (χ1n) is 18.3. The summed E-state index contributed by atoms with van der Waals surface area (Å²) in [5, 5.41) is 12.2. The summed E-state index contributed by atoms with van der Waals surface area (Å²) in [7, 11) is 3.03. The SMILES string of the molecule is COc1ccc(N2C(=O)C(c3ccc(Cl)c(Cl)c3)CC2O)cc1OCCOC(C)=O.COc1ccc(N2CCC(c3ccc(Cl)c(Cl)c3)C2=O)cc1OCCOC(C)=O. The fourth-order valence-electron chi connectivity index (χ4n) is 6.56. The number of nitrogens with zero attached hydrogens (tertiary/aromatic N) is 2. The van der Waals surface area contributed by atoms with Gasteiger partial charge in [-0.1, -0.05) is 58.5 Å². The van der Waals surface area contributed by atoms with Crippen molar-refractivity contribution in [2.45, 2.75) is 44.8 Å². The van der Waals surface area contributed by atoms with Crippen molar-refractivity contribution in [2.24, 2.45) is 0 Å². The second-order valence-corrected chi connectivity index (χ2v) is 14.8. The zero-order valence-electron chi connectivity index (χ0n) is 32.5. The average Bonchev–Trinajstić information content (AvgIpc) is 3.74. The minimum absolute atomic E-state index is 0.0144. The Bertz CT molecular complexity index is 2170. The number of rotatable bonds is 14. The third-order valence-corrected chi connectivity index (χ3v) is 10.8. The molecule has 0 aromatic heterocycles. The Morgan fingerprint density at radius 3 is 1.61 bits per heavy atom. The molecular weight excluding hydrogens is 850 g/mol. The van der Waals surface area contributed by atoms with Crippen LogP contribution >= 0.6 is 46.4 Å². The maximum atomic E-state index is 13.1. The monoisotopic (exact) mass is 890 g/mol. The maximum absolute atomic E-state index is 13.1. The van der Waals surface area contributed by atoms with Gasteiger partial charge in [-0.3, -0.25) is 24.1 Å². The predicted molar refractivity (Wildman–Crippen MR) is 224 cm³/mol. The summed E-state index contributed by atoms with van der Waals surface area (Å²) < 4.78 is 31.6. The van der Waals surface area contributed by atoms with Crippen molar-refractivity contribution in [2.75, 3.05) is 57.0 Å². The lowest BCUT2D eigenvalue weighted by atomic mass is 9.97. The zero-order chi connectivity index (χ0) is 42.8. The second-order valence-electron chi connectivity index (χ2n) is 13.2. The van der Waals surface area contributed by atoms with Gasteiger partial charge in [-0.05, 0) is 66.1 Å². The van der Waals surface area contributed by atoms with Crippen LogP contribution in [0, 0.1) is 0 Å². The van der Waals surface area contributed by atoms with Gasteiger partial charge in [0.1, 0.15) is 32.7 Å². The Hall–Kier alpha value is -4.92. The summed E-state index contributed by atoms with van der Waals surface area (Å²) in [6.07, 6.45) is -0.129. The summed E-state index contributed by atoms with van der Waals surface area (Å²) in [4.78, 5) is 50.9. The average molecular weight is 893 g/mol. The van der Waals surface area contributed by atoms with E-state index in [-0.39, 0.29) is 56.5 Å². The maximum Gasteiger partial charge on any atom is 0.302 e. The number of carbonyl (C=O) groups is 4. The van der Waals surface area contributed by atoms with Crippen LogP contribution in [0.1, 0.15) is 49.7 Å². The number of aliphatic hydroxyl groups is 1. The van der Waals surface area contributed by atoms with Crippen molar-refractivity contribution in [3.8, 4) is 23.0 Å². The third-order valence-electron chi connectivity index (χ3n) is 9.35. The molecule has 0 saturated carbocycles. The summed E-state index contributed by atoms with van der Waals surface area (Å²) in [6, 6.07) is 20.5. The molecule has 2 aliphatic heterocycles. The Morgan fingerprint density at radius 1 is 0.627 bits per heavy atom. The molecule has 2 amide bonds. The molecule has 2 saturated heterocycles. The van der Waals surface area contributed by atoms with E-state index >= 15 is 0 Å². The molecule has 0 spiro atoms. The van der Waals surface area contributed by atoms with Gasteiger partial charge in [0.25, 0.3) is 0 Å². The van der Waals surface area contributed by atoms with Gasteiger partial charge in [-0.15, -0.1) is 0 Å². The van der Waals surface area contributed by atoms with Gasteiger partial charge in [-0.25, -0.2) is 0 Å². The lowest BCUT2D eigenvalue weighted by Gasteiger charge is -2.22. The van der Waals surface area contributed by atoms with E-state index in [1.54, 1.807) is 65.6 Å². The normalized spacial score (nSPS) is 17.3. The van der Waals surface area contributed by atoms with E-state index in [4.69, 9.17) is 74.8 Å². The molecule has 2 heterocycles. The van der Waals surface area contributed by atoms with Crippen molar-refractivity contribution in [3.05, 3.63) is 104 Å². The molecule has 3 unspecified atom stereocenters. The molecule has 6 rings (SSSR count). The Morgan fingerprint density at radius 2 is 1.12 bits per heavy atom. The largest absolute Gasteiger partial charge is 0.493 e. The zero-order valence-corrected chi connectivity index (χ0v) is 35.6. The highest BCUT2D eigenvalue weighted by atomic mass is 35.5. The lowest BCUT2D eigenvalue weighted by Crippen LogP contribution is -2.33. The summed E-state index contributed by atoms with van der Waals surface area (Å²) in [5.41, 5.74) is 2.69. The van der Waals surface area contributed by atoms with Crippen molar-refractivity contribution >= 4 is 81.5 Å². The third kappa shape index (κ3) is 11.4. The molecule has 3 atom stereocenters. The topological polar surface area (TPSA) is 150 Å². The van der Waals surface area contributed by atoms with Gasteiger partial charge in [-0.2, -0.15) is 0 Å². The van der Waals surface area contributed by atoms with E-state index in [9.17, 15) is 24.3 Å². The number of halogens is 4. The Balaban J connectivity index is 0.000000224. The highest BCUT2D eigenvalue weighted by Crippen LogP contribution is 2.41. The van der Waals surface area contributed by atoms with Gasteiger partial charge in [0, 0.05) is 44.6 Å². The van der Waals surface area contributed by atoms with Crippen LogP contribution in [0.25, 0.3) is 0 Å². The molecule has 0 radical (unpaired) electrons. The molecule has 4 aromatic rings. The number of hydrogen-bond donors (Lipinski definition) is 1. The summed E-state index contributed by atoms with van der Waals surface area (Å²) in [6.45, 7) is 3.72. The number of benzene rings is 4. The number of esters is 2. The predicted octanol–water partition coefficient (Wildman–Crippen LogP) is 8.25. The second kappa shape index (κ2) is 20.9. The van der Waals surface area contributed by atoms with E-state index in [1.165, 1.54) is 33.0 Å². The summed E-state index contributed by atoms with van der Waals surface area (Å²) in [5.74, 6) is -0.0680. The first-order valence-corrected chi connectivity index (χ1v) is 19.8. The number of carbonyl (C=O) groups excluding carboxylic acids is 4. The Kier molecular flexibility index (Phi) is 16.0. The minimum Gasteiger partial charge on any atom is -0.493 e. The van der Waals surface area contributed by atoms with E-state index in [2.05, 4.69) is 0 Å². The van der Waals surface area contributed by atoms with Crippen molar-refractivity contribution in [3.63, 3.8) is 0 Å². The van der Waals surface area contributed by atoms with Crippen LogP contribution in [0.5, 0.6) is 23.0 Å². The molecule has 314 valence electrons. The fourth-order valence-corrected chi connectivity index (χ4v) is 7.17. The van der Waals surface area contributed by atoms with Crippen LogP contribution in [0.15, 0.2) is 72.8 Å². The Labute approximate surface area is 361 Å². The number of amides is 2. The standard InChI is InChI=1S/C21H21Cl2NO6.C21H21Cl2NO5/c1-12(25)29-7-8-30-19-10-14(4-6-18(19)28-2)24-20(26)11-15(21(24)27)13-3-5-16(22)17(23)9-13;1-13(25)28-9-10-29-20-12-15(4-6-19(20)27-2)24-8-7-16(21(24)26)14-3-5-17(22)18(23)11-14/h3-6,9-10,15,20,26H,7-8,11H2,1-2H3;3-6,11-12,16H,7-10H2,1-2H3. The molecule has 2 aliphatic rings. The van der Waals surface area contributed by atoms with Crippen LogP contribution < -0.4 is 28.7 Å². The van der Waals surface area contributed by atoms with Crippen LogP contribution in [-0.4, -0.2) is 82.3 Å². The van der Waals surface area contributed by atoms with Crippen LogP contribution in [0.3, 0.4) is 0 Å². The molecule has 17 heteroatoms. The van der Waals surface area contributed by atoms with Gasteiger partial charge in [0.15, 0.2) is 23.0 Å². The van der Waals surface area contributed by atoms with Crippen molar-refractivity contribution in [1.82, 2.24) is 0 Å². The van der Waals surface area contributed by atoms with E-state index in [1.807, 2.05) is 12.1 Å². The molecule has 13 nitrogen and oxygen atoms in total. The van der Waals surface area contributed by atoms with Crippen molar-refractivity contribution in [1.29, 1.82) is 0 Å². The first kappa shape index (κ1) is 45.2. The number of hydrogen-bond acceptors (Lipinski definition) is 11. The number of ether oxygens (including phenoxy) is 6. The van der Waals surface area contributed by atoms with Gasteiger partial charge in [0.2, 0.25) is 11.8 Å². The molecule has 2 fully saturated rings. The molecule has 0 aliphatic carbocycles. The fraction of sp³-hybridized carbons (Fsp3) is 0.333. The van der Waals surface area contributed by atoms with Gasteiger partial charge in [0.05, 0.1) is 51.8 Å². The molecule has 0 bridgehead atoms. The number of methoxy groups -OCH3 is 2. The van der Waals surface area contributed by atoms with Crippen LogP contribution in [0.2, 0.25) is 20.1 Å². The summed E-state index contributed by atoms with van der Waals surface area (Å²) >= 11 is 24.1. The van der Waals surface area contributed by atoms with E-state index in [0.717, 1.165) is 5.56 Å². The van der Waals surface area contributed by atoms with E-state index in [0.29, 0.717) is 73.0 Å². The highest BCUT2D eigenvalue weighted by Gasteiger charge is 2.41. The lowest BCUT2D eigenvalue weighted by molar-refractivity contribution is -0.142. The van der Waals surface area contributed by atoms with Crippen LogP contribution in [0.4, 0.5) is 11.4 Å². The van der Waals surface area contributed by atoms with Crippen LogP contribution in [-0.2, 0) is 28.7 Å². The van der Waals surface area contributed by atoms with Gasteiger partial charge < -0.3 is 38.4 Å².